The number of rotatable bonds is 0. The molecule has 0 aliphatic carbocycles. The van der Waals surface area contributed by atoms with Crippen molar-refractivity contribution >= 4 is 65.5 Å². The first-order chi connectivity index (χ1) is 72.3. The van der Waals surface area contributed by atoms with Gasteiger partial charge >= 0.3 is 0 Å². The summed E-state index contributed by atoms with van der Waals surface area (Å²) < 4.78 is 77.3. The molecular formula is C122H99F5N16O6. The highest BCUT2D eigenvalue weighted by Crippen LogP contribution is 2.31. The van der Waals surface area contributed by atoms with Crippen molar-refractivity contribution in [2.75, 3.05) is 0 Å². The Morgan fingerprint density at radius 2 is 0.591 bits per heavy atom. The SMILES string of the molecule is CC1CCc2nc3cc(C#Cc4cccc(F)c4)ccc3c(=O)n2CC1.CC1CCc2nc3cc(C#Cc4ccccn4)ccc3c(=O)n2CC1.CC1CCc2nc3cc(C#Cc4ccccn4)cnc3c(=O)n2CC1.CC1Cc2nc3cc(C#Cc4cccc(F)c4)ccc3c(=O)n2C1.O=c1c2ccc(C#Cc3cccc(F)c3)cc2nc2n1CCC2.O=c1c2ccc(C#Cc3ccccn3)cc2nc2n1CCC(F)(F)CC2. The van der Waals surface area contributed by atoms with Gasteiger partial charge in [-0.3, -0.25) is 56.2 Å². The maximum Gasteiger partial charge on any atom is 0.280 e. The van der Waals surface area contributed by atoms with E-state index in [0.29, 0.717) is 123 Å². The van der Waals surface area contributed by atoms with Crippen molar-refractivity contribution in [3.8, 4) is 71.0 Å². The standard InChI is InChI=1S/C22H19FN2O.C21H19N3O.C20H15F2N3O.C20H15FN2O.C20H18N4O.C19H13FN2O/c1-15-5-10-21-24-20-14-17(7-6-16-3-2-4-18(23)13-16)8-9-19(20)22(26)25(21)12-11-15;1-15-5-10-20-23-19-14-16(6-8-17-4-2-3-12-22-17)7-9-18(19)21(25)24(20)13-11-15;21-20(22)9-8-18-24-17-13-14(4-6-15-3-1-2-11-23-15)5-7-16(17)19(26)25(18)12-10-20;1-13-9-19-22-18-11-15(6-5-14-3-2-4-16(21)10-14)7-8-17(18)20(24)23(19)12-13;1-14-5-8-18-23-17-12-15(6-7-16-4-2-3-10-21-16)13-22-19(17)20(25)24(18)11-9-14;20-15-4-1-3-13(11-15)6-7-14-8-9-16-17(12-14)21-18-5-2-10-22(18)19(16)23/h2-4,8-9,13-15H,5,10-12H2,1H3;2-4,7,9,12,14-15H,5,10-11,13H2,1H3;1-3,5,7,11,13H,8-10,12H2;2-4,7-8,10-11,13H,9,12H2,1H3;2-4,10,12-14H,5,8-9,11H2,1H3;1,3-4,8-9,11-12H,2,5,10H2. The molecule has 0 N–H and O–H groups in total. The van der Waals surface area contributed by atoms with Crippen LogP contribution in [0.1, 0.15) is 188 Å². The third kappa shape index (κ3) is 24.4. The molecule has 0 amide bonds. The van der Waals surface area contributed by atoms with E-state index < -0.39 is 5.92 Å². The highest BCUT2D eigenvalue weighted by molar-refractivity contribution is 5.84. The number of aromatic nitrogens is 16. The summed E-state index contributed by atoms with van der Waals surface area (Å²) in [5.41, 5.74) is 12.6. The van der Waals surface area contributed by atoms with E-state index in [9.17, 15) is 50.7 Å². The Balaban J connectivity index is 0.000000112. The van der Waals surface area contributed by atoms with Crippen LogP contribution >= 0.6 is 0 Å². The van der Waals surface area contributed by atoms with Crippen molar-refractivity contribution in [1.29, 1.82) is 0 Å². The van der Waals surface area contributed by atoms with Crippen LogP contribution in [0.25, 0.3) is 65.5 Å². The average molecular weight is 1980 g/mol. The molecule has 16 heterocycles. The zero-order valence-electron chi connectivity index (χ0n) is 82.3. The molecule has 0 saturated heterocycles. The Hall–Kier alpha value is -17.8. The first kappa shape index (κ1) is 99.9. The Morgan fingerprint density at radius 3 is 0.966 bits per heavy atom. The topological polar surface area (TPSA) is 261 Å². The molecule has 24 rings (SSSR count). The lowest BCUT2D eigenvalue weighted by molar-refractivity contribution is -0.0153. The van der Waals surface area contributed by atoms with Gasteiger partial charge < -0.3 is 0 Å². The van der Waals surface area contributed by atoms with Crippen LogP contribution in [0.3, 0.4) is 0 Å². The van der Waals surface area contributed by atoms with Crippen molar-refractivity contribution in [2.24, 2.45) is 23.7 Å². The fourth-order valence-electron chi connectivity index (χ4n) is 18.6. The molecule has 0 radical (unpaired) electrons. The number of alkyl halides is 2. The normalized spacial score (nSPS) is 15.7. The molecule has 10 aromatic heterocycles. The second-order valence-electron chi connectivity index (χ2n) is 38.1. The van der Waals surface area contributed by atoms with Crippen LogP contribution in [0.5, 0.6) is 0 Å². The molecule has 27 heteroatoms. The van der Waals surface area contributed by atoms with E-state index in [-0.39, 0.29) is 76.6 Å². The zero-order chi connectivity index (χ0) is 103. The summed E-state index contributed by atoms with van der Waals surface area (Å²) >= 11 is 0. The molecule has 18 aromatic rings. The smallest absolute Gasteiger partial charge is 0.280 e. The van der Waals surface area contributed by atoms with Gasteiger partial charge in [-0.2, -0.15) is 0 Å². The first-order valence-electron chi connectivity index (χ1n) is 49.9. The Kier molecular flexibility index (Phi) is 30.3. The van der Waals surface area contributed by atoms with Gasteiger partial charge in [0, 0.05) is 165 Å². The predicted molar refractivity (Wildman–Crippen MR) is 567 cm³/mol. The summed E-state index contributed by atoms with van der Waals surface area (Å²) in [6, 6.07) is 64.1. The summed E-state index contributed by atoms with van der Waals surface area (Å²) in [5, 5.41) is 2.94. The molecule has 22 nitrogen and oxygen atoms in total. The van der Waals surface area contributed by atoms with Crippen LogP contribution in [-0.2, 0) is 77.8 Å². The van der Waals surface area contributed by atoms with E-state index in [0.717, 1.165) is 178 Å². The lowest BCUT2D eigenvalue weighted by Gasteiger charge is -2.11. The van der Waals surface area contributed by atoms with Crippen molar-refractivity contribution < 1.29 is 22.0 Å². The lowest BCUT2D eigenvalue weighted by atomic mass is 10.0. The molecule has 6 aliphatic heterocycles. The molecule has 0 fully saturated rings. The van der Waals surface area contributed by atoms with E-state index in [1.807, 2.05) is 112 Å². The van der Waals surface area contributed by atoms with Gasteiger partial charge in [-0.1, -0.05) is 117 Å². The van der Waals surface area contributed by atoms with Crippen molar-refractivity contribution in [3.05, 3.63) is 431 Å². The summed E-state index contributed by atoms with van der Waals surface area (Å²) in [4.78, 5) is 121. The molecule has 4 atom stereocenters. The fraction of sp³-hybridized carbons (Fsp3) is 0.246. The number of nitrogens with zero attached hydrogens (tertiary/aromatic N) is 16. The van der Waals surface area contributed by atoms with E-state index in [4.69, 9.17) is 15.0 Å². The Labute approximate surface area is 854 Å². The highest BCUT2D eigenvalue weighted by Gasteiger charge is 2.33. The first-order valence-corrected chi connectivity index (χ1v) is 49.9. The van der Waals surface area contributed by atoms with Crippen LogP contribution in [0, 0.1) is 112 Å². The largest absolute Gasteiger partial charge is 0.296 e. The summed E-state index contributed by atoms with van der Waals surface area (Å²) in [6.45, 7) is 12.5. The lowest BCUT2D eigenvalue weighted by Crippen LogP contribution is -2.25. The van der Waals surface area contributed by atoms with Gasteiger partial charge in [-0.15, -0.1) is 0 Å². The third-order valence-electron chi connectivity index (χ3n) is 26.9. The Morgan fingerprint density at radius 1 is 0.275 bits per heavy atom. The van der Waals surface area contributed by atoms with Crippen molar-refractivity contribution in [2.45, 2.75) is 169 Å². The zero-order valence-corrected chi connectivity index (χ0v) is 82.3. The minimum absolute atomic E-state index is 0.00859. The van der Waals surface area contributed by atoms with Crippen LogP contribution in [-0.4, -0.2) is 83.2 Å². The minimum Gasteiger partial charge on any atom is -0.296 e. The molecule has 0 bridgehead atoms. The molecule has 738 valence electrons. The molecule has 149 heavy (non-hydrogen) atoms. The van der Waals surface area contributed by atoms with E-state index in [2.05, 4.69) is 134 Å². The van der Waals surface area contributed by atoms with Crippen molar-refractivity contribution in [1.82, 2.24) is 77.2 Å². The van der Waals surface area contributed by atoms with Gasteiger partial charge in [0.25, 0.3) is 33.4 Å². The molecule has 0 saturated carbocycles. The summed E-state index contributed by atoms with van der Waals surface area (Å²) in [6.07, 6.45) is 17.6. The number of fused-ring (bicyclic) bond motifs is 12. The Bertz CT molecular complexity index is 8940. The molecule has 4 unspecified atom stereocenters. The number of halogens is 5. The molecule has 0 spiro atoms. The second-order valence-corrected chi connectivity index (χ2v) is 38.1. The number of hydrogen-bond acceptors (Lipinski definition) is 16. The number of pyridine rings is 4. The third-order valence-corrected chi connectivity index (χ3v) is 26.9. The van der Waals surface area contributed by atoms with Gasteiger partial charge in [0.1, 0.15) is 69.5 Å². The van der Waals surface area contributed by atoms with E-state index >= 15 is 0 Å². The molecule has 6 aliphatic rings. The van der Waals surface area contributed by atoms with Crippen LogP contribution < -0.4 is 33.4 Å². The molecule has 8 aromatic carbocycles. The quantitative estimate of drug-likeness (QED) is 0.101. The van der Waals surface area contributed by atoms with Crippen LogP contribution in [0.15, 0.2) is 278 Å². The fourth-order valence-corrected chi connectivity index (χ4v) is 18.6. The van der Waals surface area contributed by atoms with Gasteiger partial charge in [0.2, 0.25) is 5.92 Å². The van der Waals surface area contributed by atoms with E-state index in [1.165, 1.54) is 41.0 Å². The van der Waals surface area contributed by atoms with Gasteiger partial charge in [-0.05, 0) is 274 Å². The van der Waals surface area contributed by atoms with Gasteiger partial charge in [0.15, 0.2) is 5.52 Å². The maximum atomic E-state index is 13.7. The summed E-state index contributed by atoms with van der Waals surface area (Å²) in [5.74, 6) is 39.4. The van der Waals surface area contributed by atoms with Crippen LogP contribution in [0.2, 0.25) is 0 Å². The summed E-state index contributed by atoms with van der Waals surface area (Å²) in [7, 11) is 0. The van der Waals surface area contributed by atoms with E-state index in [1.54, 1.807) is 123 Å². The number of hydrogen-bond donors (Lipinski definition) is 0. The van der Waals surface area contributed by atoms with Gasteiger partial charge in [-0.25, -0.2) is 71.8 Å². The highest BCUT2D eigenvalue weighted by atomic mass is 19.3. The van der Waals surface area contributed by atoms with Crippen LogP contribution in [0.4, 0.5) is 22.0 Å². The second kappa shape index (κ2) is 45.2. The number of aryl methyl sites for hydroxylation is 5. The monoisotopic (exact) mass is 1980 g/mol. The van der Waals surface area contributed by atoms with Gasteiger partial charge in [0.05, 0.1) is 60.0 Å². The maximum absolute atomic E-state index is 13.7. The molecular weight excluding hydrogens is 1880 g/mol. The number of benzene rings is 8. The van der Waals surface area contributed by atoms with Crippen molar-refractivity contribution in [3.63, 3.8) is 0 Å². The minimum atomic E-state index is -2.76. The average Bonchev–Trinajstić information content (AvgIpc) is 1.68. The predicted octanol–water partition coefficient (Wildman–Crippen LogP) is 18.8.